The minimum Gasteiger partial charge on any atom is -0.450 e. The average Bonchev–Trinajstić information content (AvgIpc) is 3.22. The number of aromatic nitrogens is 3. The molecule has 1 fully saturated rings. The molecule has 144 valence electrons. The Morgan fingerprint density at radius 2 is 1.93 bits per heavy atom. The van der Waals surface area contributed by atoms with Crippen LogP contribution in [0.4, 0.5) is 4.79 Å². The number of fused-ring (bicyclic) bond motifs is 1. The third-order valence-corrected chi connectivity index (χ3v) is 4.84. The molecule has 2 aromatic heterocycles. The summed E-state index contributed by atoms with van der Waals surface area (Å²) in [6.07, 6.45) is 4.79. The fraction of sp³-hybridized carbons (Fsp3) is 0.300. The quantitative estimate of drug-likeness (QED) is 0.755. The van der Waals surface area contributed by atoms with Gasteiger partial charge in [0.1, 0.15) is 0 Å². The standard InChI is InChI=1S/C20H21N5O3/c1-2-28-20(27)25-8-6-24(7-9-25)19(26)15-5-3-4-14(10-15)16-11-21-12-17-18(16)23-13-22-17/h3-5,10-13H,2,6-9H2,1H3,(H,22,23). The number of carbonyl (C=O) groups excluding carboxylic acids is 2. The fourth-order valence-corrected chi connectivity index (χ4v) is 3.39. The van der Waals surface area contributed by atoms with E-state index in [9.17, 15) is 9.59 Å². The second kappa shape index (κ2) is 7.67. The monoisotopic (exact) mass is 379 g/mol. The molecule has 1 aromatic carbocycles. The fourth-order valence-electron chi connectivity index (χ4n) is 3.39. The Hall–Kier alpha value is -3.42. The number of aromatic amines is 1. The summed E-state index contributed by atoms with van der Waals surface area (Å²) >= 11 is 0. The second-order valence-electron chi connectivity index (χ2n) is 6.54. The summed E-state index contributed by atoms with van der Waals surface area (Å²) in [5.41, 5.74) is 4.04. The lowest BCUT2D eigenvalue weighted by Crippen LogP contribution is -2.50. The number of imidazole rings is 1. The molecule has 3 aromatic rings. The van der Waals surface area contributed by atoms with Gasteiger partial charge in [-0.05, 0) is 24.6 Å². The Morgan fingerprint density at radius 3 is 2.71 bits per heavy atom. The van der Waals surface area contributed by atoms with E-state index in [1.807, 2.05) is 24.3 Å². The molecule has 0 spiro atoms. The maximum absolute atomic E-state index is 13.0. The van der Waals surface area contributed by atoms with Crippen LogP contribution in [0.5, 0.6) is 0 Å². The second-order valence-corrected chi connectivity index (χ2v) is 6.54. The summed E-state index contributed by atoms with van der Waals surface area (Å²) in [5.74, 6) is -0.0486. The zero-order valence-corrected chi connectivity index (χ0v) is 15.6. The van der Waals surface area contributed by atoms with Gasteiger partial charge in [-0.1, -0.05) is 12.1 Å². The van der Waals surface area contributed by atoms with Crippen molar-refractivity contribution in [1.82, 2.24) is 24.8 Å². The van der Waals surface area contributed by atoms with Gasteiger partial charge in [0.2, 0.25) is 0 Å². The number of piperazine rings is 1. The zero-order valence-electron chi connectivity index (χ0n) is 15.6. The first-order valence-electron chi connectivity index (χ1n) is 9.26. The summed E-state index contributed by atoms with van der Waals surface area (Å²) in [4.78, 5) is 39.8. The number of benzene rings is 1. The van der Waals surface area contributed by atoms with Crippen molar-refractivity contribution in [2.24, 2.45) is 0 Å². The maximum atomic E-state index is 13.0. The molecule has 0 unspecified atom stereocenters. The number of hydrogen-bond acceptors (Lipinski definition) is 5. The van der Waals surface area contributed by atoms with E-state index in [-0.39, 0.29) is 12.0 Å². The molecule has 28 heavy (non-hydrogen) atoms. The van der Waals surface area contributed by atoms with Gasteiger partial charge in [0.15, 0.2) is 0 Å². The van der Waals surface area contributed by atoms with Gasteiger partial charge in [0.05, 0.1) is 30.2 Å². The average molecular weight is 379 g/mol. The highest BCUT2D eigenvalue weighted by Gasteiger charge is 2.25. The summed E-state index contributed by atoms with van der Waals surface area (Å²) in [7, 11) is 0. The van der Waals surface area contributed by atoms with Crippen molar-refractivity contribution in [2.45, 2.75) is 6.92 Å². The first-order chi connectivity index (χ1) is 13.7. The van der Waals surface area contributed by atoms with Crippen LogP contribution < -0.4 is 0 Å². The Balaban J connectivity index is 1.51. The molecule has 0 atom stereocenters. The van der Waals surface area contributed by atoms with E-state index in [2.05, 4.69) is 15.0 Å². The van der Waals surface area contributed by atoms with Crippen LogP contribution in [0.2, 0.25) is 0 Å². The first kappa shape index (κ1) is 18.0. The zero-order chi connectivity index (χ0) is 19.5. The van der Waals surface area contributed by atoms with Gasteiger partial charge < -0.3 is 19.5 Å². The number of pyridine rings is 1. The third kappa shape index (κ3) is 3.40. The van der Waals surface area contributed by atoms with Crippen LogP contribution in [0, 0.1) is 0 Å². The van der Waals surface area contributed by atoms with Crippen molar-refractivity contribution in [3.63, 3.8) is 0 Å². The Morgan fingerprint density at radius 1 is 1.14 bits per heavy atom. The van der Waals surface area contributed by atoms with E-state index in [0.717, 1.165) is 22.2 Å². The summed E-state index contributed by atoms with van der Waals surface area (Å²) in [5, 5.41) is 0. The molecule has 8 nitrogen and oxygen atoms in total. The van der Waals surface area contributed by atoms with Crippen LogP contribution in [-0.2, 0) is 4.74 Å². The van der Waals surface area contributed by atoms with E-state index in [1.165, 1.54) is 0 Å². The first-order valence-corrected chi connectivity index (χ1v) is 9.26. The highest BCUT2D eigenvalue weighted by Crippen LogP contribution is 2.26. The molecule has 3 heterocycles. The predicted molar refractivity (Wildman–Crippen MR) is 104 cm³/mol. The molecule has 1 saturated heterocycles. The number of nitrogens with one attached hydrogen (secondary N) is 1. The third-order valence-electron chi connectivity index (χ3n) is 4.84. The molecular formula is C20H21N5O3. The smallest absolute Gasteiger partial charge is 0.409 e. The van der Waals surface area contributed by atoms with E-state index in [4.69, 9.17) is 4.74 Å². The summed E-state index contributed by atoms with van der Waals surface area (Å²) in [6.45, 7) is 4.05. The van der Waals surface area contributed by atoms with Gasteiger partial charge in [-0.3, -0.25) is 9.78 Å². The van der Waals surface area contributed by atoms with Crippen LogP contribution in [0.15, 0.2) is 43.0 Å². The maximum Gasteiger partial charge on any atom is 0.409 e. The van der Waals surface area contributed by atoms with Crippen LogP contribution in [0.25, 0.3) is 22.2 Å². The Bertz CT molecular complexity index is 1010. The van der Waals surface area contributed by atoms with Gasteiger partial charge in [0, 0.05) is 43.5 Å². The topological polar surface area (TPSA) is 91.4 Å². The minimum atomic E-state index is -0.323. The van der Waals surface area contributed by atoms with Gasteiger partial charge in [-0.25, -0.2) is 9.78 Å². The van der Waals surface area contributed by atoms with E-state index < -0.39 is 0 Å². The van der Waals surface area contributed by atoms with Crippen LogP contribution in [-0.4, -0.2) is 69.5 Å². The van der Waals surface area contributed by atoms with E-state index in [0.29, 0.717) is 38.3 Å². The highest BCUT2D eigenvalue weighted by atomic mass is 16.6. The number of amides is 2. The van der Waals surface area contributed by atoms with E-state index >= 15 is 0 Å². The Labute approximate surface area is 162 Å². The molecule has 1 aliphatic rings. The molecule has 0 bridgehead atoms. The normalized spacial score (nSPS) is 14.3. The number of ether oxygens (including phenoxy) is 1. The van der Waals surface area contributed by atoms with Crippen LogP contribution >= 0.6 is 0 Å². The van der Waals surface area contributed by atoms with Crippen molar-refractivity contribution in [3.8, 4) is 11.1 Å². The highest BCUT2D eigenvalue weighted by molar-refractivity contribution is 5.97. The van der Waals surface area contributed by atoms with Gasteiger partial charge >= 0.3 is 6.09 Å². The number of carbonyl (C=O) groups is 2. The van der Waals surface area contributed by atoms with Crippen molar-refractivity contribution in [3.05, 3.63) is 48.5 Å². The van der Waals surface area contributed by atoms with Crippen molar-refractivity contribution in [2.75, 3.05) is 32.8 Å². The number of nitrogens with zero attached hydrogens (tertiary/aromatic N) is 4. The van der Waals surface area contributed by atoms with Gasteiger partial charge in [0.25, 0.3) is 5.91 Å². The minimum absolute atomic E-state index is 0.0486. The SMILES string of the molecule is CCOC(=O)N1CCN(C(=O)c2cccc(-c3cncc4[nH]cnc34)c2)CC1. The Kier molecular flexibility index (Phi) is 4.92. The predicted octanol–water partition coefficient (Wildman–Crippen LogP) is 2.54. The molecule has 0 radical (unpaired) electrons. The molecule has 4 rings (SSSR count). The lowest BCUT2D eigenvalue weighted by molar-refractivity contribution is 0.0570. The molecular weight excluding hydrogens is 358 g/mol. The number of hydrogen-bond donors (Lipinski definition) is 1. The lowest BCUT2D eigenvalue weighted by Gasteiger charge is -2.34. The van der Waals surface area contributed by atoms with Gasteiger partial charge in [-0.2, -0.15) is 0 Å². The molecule has 8 heteroatoms. The number of rotatable bonds is 3. The molecule has 1 N–H and O–H groups in total. The van der Waals surface area contributed by atoms with Gasteiger partial charge in [-0.15, -0.1) is 0 Å². The van der Waals surface area contributed by atoms with Crippen molar-refractivity contribution >= 4 is 23.0 Å². The molecule has 0 aliphatic carbocycles. The number of H-pyrrole nitrogens is 1. The van der Waals surface area contributed by atoms with Crippen molar-refractivity contribution < 1.29 is 14.3 Å². The lowest BCUT2D eigenvalue weighted by atomic mass is 10.0. The molecule has 1 aliphatic heterocycles. The summed E-state index contributed by atoms with van der Waals surface area (Å²) < 4.78 is 5.02. The van der Waals surface area contributed by atoms with E-state index in [1.54, 1.807) is 35.4 Å². The molecule has 0 saturated carbocycles. The van der Waals surface area contributed by atoms with Crippen molar-refractivity contribution in [1.29, 1.82) is 0 Å². The van der Waals surface area contributed by atoms with Crippen LogP contribution in [0.1, 0.15) is 17.3 Å². The summed E-state index contributed by atoms with van der Waals surface area (Å²) in [6, 6.07) is 7.48. The molecule has 2 amide bonds. The largest absolute Gasteiger partial charge is 0.450 e. The van der Waals surface area contributed by atoms with Crippen LogP contribution in [0.3, 0.4) is 0 Å².